The molecular formula is C13H22N2O3. The number of nitrogens with zero attached hydrogens (tertiary/aromatic N) is 1. The van der Waals surface area contributed by atoms with Gasteiger partial charge in [-0.25, -0.2) is 0 Å². The number of likely N-dealkylation sites (tertiary alicyclic amines) is 1. The van der Waals surface area contributed by atoms with Crippen LogP contribution in [0, 0.1) is 17.8 Å². The van der Waals surface area contributed by atoms with Crippen LogP contribution in [0.5, 0.6) is 0 Å². The zero-order valence-electron chi connectivity index (χ0n) is 10.9. The van der Waals surface area contributed by atoms with Crippen molar-refractivity contribution in [2.45, 2.75) is 25.7 Å². The molecule has 0 aromatic heterocycles. The minimum atomic E-state index is -0.842. The predicted octanol–water partition coefficient (Wildman–Crippen LogP) is 0.555. The van der Waals surface area contributed by atoms with Crippen LogP contribution in [0.15, 0.2) is 0 Å². The van der Waals surface area contributed by atoms with E-state index in [0.29, 0.717) is 18.9 Å². The predicted molar refractivity (Wildman–Crippen MR) is 67.1 cm³/mol. The van der Waals surface area contributed by atoms with E-state index in [2.05, 4.69) is 17.3 Å². The van der Waals surface area contributed by atoms with Crippen molar-refractivity contribution in [1.29, 1.82) is 0 Å². The Labute approximate surface area is 108 Å². The maximum atomic E-state index is 11.6. The van der Waals surface area contributed by atoms with Crippen LogP contribution in [0.25, 0.3) is 0 Å². The zero-order valence-corrected chi connectivity index (χ0v) is 10.9. The van der Waals surface area contributed by atoms with Gasteiger partial charge in [-0.3, -0.25) is 9.59 Å². The topological polar surface area (TPSA) is 69.6 Å². The lowest BCUT2D eigenvalue weighted by atomic mass is 9.94. The van der Waals surface area contributed by atoms with Crippen LogP contribution < -0.4 is 5.32 Å². The smallest absolute Gasteiger partial charge is 0.307 e. The fraction of sp³-hybridized carbons (Fsp3) is 0.846. The lowest BCUT2D eigenvalue weighted by Crippen LogP contribution is -2.33. The van der Waals surface area contributed by atoms with Crippen molar-refractivity contribution in [1.82, 2.24) is 10.2 Å². The lowest BCUT2D eigenvalue weighted by molar-refractivity contribution is -0.140. The molecular weight excluding hydrogens is 232 g/mol. The van der Waals surface area contributed by atoms with Gasteiger partial charge in [-0.2, -0.15) is 0 Å². The number of carboxylic acid groups (broad SMARTS) is 1. The number of hydrogen-bond acceptors (Lipinski definition) is 3. The molecule has 2 unspecified atom stereocenters. The molecule has 1 aliphatic heterocycles. The van der Waals surface area contributed by atoms with E-state index in [4.69, 9.17) is 5.11 Å². The van der Waals surface area contributed by atoms with Crippen molar-refractivity contribution >= 4 is 11.9 Å². The van der Waals surface area contributed by atoms with Gasteiger partial charge in [0.15, 0.2) is 0 Å². The highest BCUT2D eigenvalue weighted by Gasteiger charge is 2.48. The first-order valence-corrected chi connectivity index (χ1v) is 6.77. The minimum Gasteiger partial charge on any atom is -0.481 e. The molecule has 5 nitrogen and oxygen atoms in total. The molecule has 2 aliphatic rings. The Bertz CT molecular complexity index is 324. The fourth-order valence-electron chi connectivity index (χ4n) is 2.64. The Morgan fingerprint density at radius 2 is 1.94 bits per heavy atom. The highest BCUT2D eigenvalue weighted by Crippen LogP contribution is 2.38. The average Bonchev–Trinajstić information content (AvgIpc) is 3.11. The van der Waals surface area contributed by atoms with Crippen molar-refractivity contribution in [3.63, 3.8) is 0 Å². The number of amides is 1. The van der Waals surface area contributed by atoms with E-state index >= 15 is 0 Å². The molecule has 1 saturated heterocycles. The number of piperidine rings is 1. The molecule has 2 fully saturated rings. The summed E-state index contributed by atoms with van der Waals surface area (Å²) in [5, 5.41) is 11.6. The molecule has 102 valence electrons. The maximum absolute atomic E-state index is 11.6. The summed E-state index contributed by atoms with van der Waals surface area (Å²) >= 11 is 0. The van der Waals surface area contributed by atoms with E-state index < -0.39 is 11.9 Å². The molecule has 0 bridgehead atoms. The summed E-state index contributed by atoms with van der Waals surface area (Å²) in [5.74, 6) is -0.926. The Balaban J connectivity index is 1.58. The van der Waals surface area contributed by atoms with Crippen molar-refractivity contribution in [2.75, 3.05) is 26.7 Å². The van der Waals surface area contributed by atoms with E-state index in [-0.39, 0.29) is 11.8 Å². The summed E-state index contributed by atoms with van der Waals surface area (Å²) in [7, 11) is 2.14. The first kappa shape index (κ1) is 13.3. The molecule has 1 amide bonds. The molecule has 0 radical (unpaired) electrons. The molecule has 5 heteroatoms. The quantitative estimate of drug-likeness (QED) is 0.752. The van der Waals surface area contributed by atoms with E-state index in [9.17, 15) is 9.59 Å². The Kier molecular flexibility index (Phi) is 4.22. The van der Waals surface area contributed by atoms with Crippen molar-refractivity contribution in [2.24, 2.45) is 17.8 Å². The second-order valence-corrected chi connectivity index (χ2v) is 5.61. The number of hydrogen-bond donors (Lipinski definition) is 2. The molecule has 2 N–H and O–H groups in total. The first-order valence-electron chi connectivity index (χ1n) is 6.77. The van der Waals surface area contributed by atoms with Gasteiger partial charge in [0.25, 0.3) is 0 Å². The van der Waals surface area contributed by atoms with Gasteiger partial charge in [-0.1, -0.05) is 0 Å². The number of aliphatic carboxylic acids is 1. The van der Waals surface area contributed by atoms with Gasteiger partial charge in [0.2, 0.25) is 5.91 Å². The molecule has 2 rings (SSSR count). The first-order chi connectivity index (χ1) is 8.58. The standard InChI is InChI=1S/C13H22N2O3/c1-15-6-3-9(4-7-15)2-5-14-12(16)10-8-11(10)13(17)18/h9-11H,2-8H2,1H3,(H,14,16)(H,17,18). The lowest BCUT2D eigenvalue weighted by Gasteiger charge is -2.28. The average molecular weight is 254 g/mol. The van der Waals surface area contributed by atoms with E-state index in [0.717, 1.165) is 19.5 Å². The van der Waals surface area contributed by atoms with Gasteiger partial charge in [0, 0.05) is 6.54 Å². The summed E-state index contributed by atoms with van der Waals surface area (Å²) in [6.45, 7) is 2.97. The van der Waals surface area contributed by atoms with Gasteiger partial charge in [0.1, 0.15) is 0 Å². The molecule has 0 spiro atoms. The van der Waals surface area contributed by atoms with Gasteiger partial charge >= 0.3 is 5.97 Å². The van der Waals surface area contributed by atoms with Crippen LogP contribution in [0.3, 0.4) is 0 Å². The molecule has 0 aromatic carbocycles. The van der Waals surface area contributed by atoms with Crippen molar-refractivity contribution in [3.8, 4) is 0 Å². The summed E-state index contributed by atoms with van der Waals surface area (Å²) in [6.07, 6.45) is 3.93. The Morgan fingerprint density at radius 3 is 2.50 bits per heavy atom. The van der Waals surface area contributed by atoms with Crippen LogP contribution in [-0.2, 0) is 9.59 Å². The number of rotatable bonds is 5. The number of nitrogens with one attached hydrogen (secondary N) is 1. The van der Waals surface area contributed by atoms with E-state index in [1.54, 1.807) is 0 Å². The fourth-order valence-corrected chi connectivity index (χ4v) is 2.64. The third kappa shape index (κ3) is 3.45. The van der Waals surface area contributed by atoms with Gasteiger partial charge in [-0.15, -0.1) is 0 Å². The second kappa shape index (κ2) is 5.69. The molecule has 0 aromatic rings. The van der Waals surface area contributed by atoms with Crippen molar-refractivity contribution in [3.05, 3.63) is 0 Å². The normalized spacial score (nSPS) is 28.9. The van der Waals surface area contributed by atoms with E-state index in [1.165, 1.54) is 12.8 Å². The van der Waals surface area contributed by atoms with Crippen LogP contribution in [0.2, 0.25) is 0 Å². The maximum Gasteiger partial charge on any atom is 0.307 e. The number of carboxylic acids is 1. The molecule has 1 saturated carbocycles. The molecule has 2 atom stereocenters. The monoisotopic (exact) mass is 254 g/mol. The summed E-state index contributed by atoms with van der Waals surface area (Å²) in [4.78, 5) is 24.6. The van der Waals surface area contributed by atoms with E-state index in [1.807, 2.05) is 0 Å². The zero-order chi connectivity index (χ0) is 13.1. The van der Waals surface area contributed by atoms with Gasteiger partial charge < -0.3 is 15.3 Å². The highest BCUT2D eigenvalue weighted by atomic mass is 16.4. The molecule has 1 aliphatic carbocycles. The van der Waals surface area contributed by atoms with Gasteiger partial charge in [0.05, 0.1) is 11.8 Å². The summed E-state index contributed by atoms with van der Waals surface area (Å²) < 4.78 is 0. The van der Waals surface area contributed by atoms with Crippen LogP contribution in [-0.4, -0.2) is 48.6 Å². The number of carbonyl (C=O) groups excluding carboxylic acids is 1. The molecule has 18 heavy (non-hydrogen) atoms. The third-order valence-electron chi connectivity index (χ3n) is 4.13. The van der Waals surface area contributed by atoms with Crippen LogP contribution >= 0.6 is 0 Å². The SMILES string of the molecule is CN1CCC(CCNC(=O)C2CC2C(=O)O)CC1. The molecule has 1 heterocycles. The van der Waals surface area contributed by atoms with Crippen molar-refractivity contribution < 1.29 is 14.7 Å². The Hall–Kier alpha value is -1.10. The van der Waals surface area contributed by atoms with Crippen LogP contribution in [0.4, 0.5) is 0 Å². The second-order valence-electron chi connectivity index (χ2n) is 5.61. The summed E-state index contributed by atoms with van der Waals surface area (Å²) in [5.41, 5.74) is 0. The van der Waals surface area contributed by atoms with Crippen LogP contribution in [0.1, 0.15) is 25.7 Å². The largest absolute Gasteiger partial charge is 0.481 e. The van der Waals surface area contributed by atoms with Gasteiger partial charge in [-0.05, 0) is 51.7 Å². The summed E-state index contributed by atoms with van der Waals surface area (Å²) in [6, 6.07) is 0. The number of carbonyl (C=O) groups is 2. The Morgan fingerprint density at radius 1 is 1.28 bits per heavy atom. The highest BCUT2D eigenvalue weighted by molar-refractivity contribution is 5.89. The minimum absolute atomic E-state index is 0.0738. The third-order valence-corrected chi connectivity index (χ3v) is 4.13.